The average molecular weight is 187 g/mol. The van der Waals surface area contributed by atoms with Crippen LogP contribution in [0.3, 0.4) is 0 Å². The number of carbonyl (C=O) groups excluding carboxylic acids is 2. The van der Waals surface area contributed by atoms with Crippen molar-refractivity contribution in [1.82, 2.24) is 16.0 Å². The Labute approximate surface area is 78.3 Å². The van der Waals surface area contributed by atoms with Gasteiger partial charge in [-0.2, -0.15) is 0 Å². The van der Waals surface area contributed by atoms with E-state index in [1.54, 1.807) is 21.0 Å². The van der Waals surface area contributed by atoms with E-state index in [0.29, 0.717) is 13.0 Å². The predicted octanol–water partition coefficient (Wildman–Crippen LogP) is -1.15. The summed E-state index contributed by atoms with van der Waals surface area (Å²) in [6, 6.07) is -0.361. The first-order chi connectivity index (χ1) is 6.15. The fourth-order valence-electron chi connectivity index (χ4n) is 0.841. The molecule has 0 aliphatic heterocycles. The lowest BCUT2D eigenvalue weighted by Gasteiger charge is -2.14. The number of likely N-dealkylation sites (N-methyl/N-ethyl adjacent to an activating group) is 2. The SMILES string of the molecule is CCC(=O)NCC(NC)C(=O)NC. The van der Waals surface area contributed by atoms with Crippen LogP contribution in [0.25, 0.3) is 0 Å². The van der Waals surface area contributed by atoms with Crippen LogP contribution >= 0.6 is 0 Å². The summed E-state index contributed by atoms with van der Waals surface area (Å²) in [5.74, 6) is -0.178. The molecule has 0 radical (unpaired) electrons. The molecule has 1 unspecified atom stereocenters. The van der Waals surface area contributed by atoms with Crippen molar-refractivity contribution in [1.29, 1.82) is 0 Å². The van der Waals surface area contributed by atoms with Crippen LogP contribution in [0.1, 0.15) is 13.3 Å². The Morgan fingerprint density at radius 2 is 1.92 bits per heavy atom. The molecule has 76 valence electrons. The average Bonchev–Trinajstić information content (AvgIpc) is 2.17. The molecule has 0 aliphatic rings. The number of carbonyl (C=O) groups is 2. The van der Waals surface area contributed by atoms with Gasteiger partial charge in [0.2, 0.25) is 11.8 Å². The van der Waals surface area contributed by atoms with E-state index in [-0.39, 0.29) is 17.9 Å². The summed E-state index contributed by atoms with van der Waals surface area (Å²) in [6.07, 6.45) is 0.435. The molecule has 0 aromatic rings. The van der Waals surface area contributed by atoms with Crippen molar-refractivity contribution in [2.45, 2.75) is 19.4 Å². The first-order valence-corrected chi connectivity index (χ1v) is 4.31. The predicted molar refractivity (Wildman–Crippen MR) is 50.2 cm³/mol. The topological polar surface area (TPSA) is 70.2 Å². The standard InChI is InChI=1S/C8H17N3O2/c1-4-7(12)11-5-6(9-2)8(13)10-3/h6,9H,4-5H2,1-3H3,(H,10,13)(H,11,12). The molecule has 1 atom stereocenters. The zero-order chi connectivity index (χ0) is 10.3. The van der Waals surface area contributed by atoms with Gasteiger partial charge in [-0.1, -0.05) is 6.92 Å². The van der Waals surface area contributed by atoms with Crippen LogP contribution < -0.4 is 16.0 Å². The maximum atomic E-state index is 11.1. The number of nitrogens with one attached hydrogen (secondary N) is 3. The highest BCUT2D eigenvalue weighted by Gasteiger charge is 2.14. The third-order valence-corrected chi connectivity index (χ3v) is 1.74. The van der Waals surface area contributed by atoms with Gasteiger partial charge in [0.15, 0.2) is 0 Å². The summed E-state index contributed by atoms with van der Waals surface area (Å²) in [4.78, 5) is 22.0. The molecule has 5 heteroatoms. The Balaban J connectivity index is 3.85. The van der Waals surface area contributed by atoms with Gasteiger partial charge in [-0.25, -0.2) is 0 Å². The van der Waals surface area contributed by atoms with Crippen LogP contribution in [-0.4, -0.2) is 38.5 Å². The van der Waals surface area contributed by atoms with Crippen molar-refractivity contribution >= 4 is 11.8 Å². The van der Waals surface area contributed by atoms with Crippen molar-refractivity contribution in [2.75, 3.05) is 20.6 Å². The van der Waals surface area contributed by atoms with Gasteiger partial charge in [0.25, 0.3) is 0 Å². The van der Waals surface area contributed by atoms with Gasteiger partial charge in [0.1, 0.15) is 6.04 Å². The summed E-state index contributed by atoms with van der Waals surface area (Å²) in [6.45, 7) is 2.09. The fraction of sp³-hybridized carbons (Fsp3) is 0.750. The quantitative estimate of drug-likeness (QED) is 0.509. The smallest absolute Gasteiger partial charge is 0.238 e. The van der Waals surface area contributed by atoms with E-state index in [1.165, 1.54) is 0 Å². The van der Waals surface area contributed by atoms with Gasteiger partial charge in [-0.05, 0) is 7.05 Å². The van der Waals surface area contributed by atoms with E-state index in [1.807, 2.05) is 0 Å². The van der Waals surface area contributed by atoms with Crippen molar-refractivity contribution in [3.05, 3.63) is 0 Å². The minimum atomic E-state index is -0.361. The molecule has 0 saturated heterocycles. The zero-order valence-electron chi connectivity index (χ0n) is 8.31. The Kier molecular flexibility index (Phi) is 5.88. The third-order valence-electron chi connectivity index (χ3n) is 1.74. The van der Waals surface area contributed by atoms with Gasteiger partial charge in [0, 0.05) is 20.0 Å². The van der Waals surface area contributed by atoms with E-state index >= 15 is 0 Å². The van der Waals surface area contributed by atoms with Gasteiger partial charge in [0.05, 0.1) is 0 Å². The van der Waals surface area contributed by atoms with E-state index in [0.717, 1.165) is 0 Å². The number of hydrogen-bond donors (Lipinski definition) is 3. The highest BCUT2D eigenvalue weighted by molar-refractivity contribution is 5.83. The summed E-state index contributed by atoms with van der Waals surface area (Å²) < 4.78 is 0. The summed E-state index contributed by atoms with van der Waals surface area (Å²) in [7, 11) is 3.24. The van der Waals surface area contributed by atoms with Gasteiger partial charge < -0.3 is 16.0 Å². The second-order valence-corrected chi connectivity index (χ2v) is 2.61. The molecule has 0 aliphatic carbocycles. The number of hydrogen-bond acceptors (Lipinski definition) is 3. The fourth-order valence-corrected chi connectivity index (χ4v) is 0.841. The first kappa shape index (κ1) is 11.9. The number of rotatable bonds is 5. The van der Waals surface area contributed by atoms with Gasteiger partial charge in [-0.3, -0.25) is 9.59 Å². The van der Waals surface area contributed by atoms with E-state index < -0.39 is 0 Å². The molecule has 5 nitrogen and oxygen atoms in total. The highest BCUT2D eigenvalue weighted by Crippen LogP contribution is 1.82. The molecule has 0 rings (SSSR count). The lowest BCUT2D eigenvalue weighted by atomic mass is 10.2. The monoisotopic (exact) mass is 187 g/mol. The molecular formula is C8H17N3O2. The minimum Gasteiger partial charge on any atom is -0.358 e. The normalized spacial score (nSPS) is 11.9. The molecule has 0 bridgehead atoms. The van der Waals surface area contributed by atoms with Crippen LogP contribution in [0.4, 0.5) is 0 Å². The molecule has 0 fully saturated rings. The van der Waals surface area contributed by atoms with Crippen LogP contribution in [-0.2, 0) is 9.59 Å². The van der Waals surface area contributed by atoms with Crippen LogP contribution in [0.2, 0.25) is 0 Å². The van der Waals surface area contributed by atoms with E-state index in [2.05, 4.69) is 16.0 Å². The van der Waals surface area contributed by atoms with Crippen LogP contribution in [0.5, 0.6) is 0 Å². The molecule has 13 heavy (non-hydrogen) atoms. The largest absolute Gasteiger partial charge is 0.358 e. The maximum Gasteiger partial charge on any atom is 0.238 e. The lowest BCUT2D eigenvalue weighted by Crippen LogP contribution is -2.48. The van der Waals surface area contributed by atoms with E-state index in [9.17, 15) is 9.59 Å². The van der Waals surface area contributed by atoms with Crippen molar-refractivity contribution in [3.8, 4) is 0 Å². The summed E-state index contributed by atoms with van der Waals surface area (Å²) in [5.41, 5.74) is 0. The van der Waals surface area contributed by atoms with Crippen molar-refractivity contribution in [3.63, 3.8) is 0 Å². The van der Waals surface area contributed by atoms with Crippen molar-refractivity contribution in [2.24, 2.45) is 0 Å². The molecule has 0 aromatic carbocycles. The van der Waals surface area contributed by atoms with E-state index in [4.69, 9.17) is 0 Å². The third kappa shape index (κ3) is 4.47. The zero-order valence-corrected chi connectivity index (χ0v) is 8.31. The lowest BCUT2D eigenvalue weighted by molar-refractivity contribution is -0.123. The number of amides is 2. The Hall–Kier alpha value is -1.10. The molecule has 0 aromatic heterocycles. The summed E-state index contributed by atoms with van der Waals surface area (Å²) >= 11 is 0. The second kappa shape index (κ2) is 6.42. The Morgan fingerprint density at radius 1 is 1.31 bits per heavy atom. The van der Waals surface area contributed by atoms with Gasteiger partial charge in [-0.15, -0.1) is 0 Å². The highest BCUT2D eigenvalue weighted by atomic mass is 16.2. The second-order valence-electron chi connectivity index (χ2n) is 2.61. The van der Waals surface area contributed by atoms with Crippen LogP contribution in [0, 0.1) is 0 Å². The first-order valence-electron chi connectivity index (χ1n) is 4.31. The van der Waals surface area contributed by atoms with Crippen LogP contribution in [0.15, 0.2) is 0 Å². The molecule has 0 spiro atoms. The molecule has 0 heterocycles. The molecule has 0 saturated carbocycles. The Morgan fingerprint density at radius 3 is 2.31 bits per heavy atom. The van der Waals surface area contributed by atoms with Gasteiger partial charge >= 0.3 is 0 Å². The minimum absolute atomic E-state index is 0.0517. The molecule has 2 amide bonds. The van der Waals surface area contributed by atoms with Crippen molar-refractivity contribution < 1.29 is 9.59 Å². The summed E-state index contributed by atoms with van der Waals surface area (Å²) in [5, 5.41) is 7.95. The molecular weight excluding hydrogens is 170 g/mol. The Bertz CT molecular complexity index is 182. The molecule has 3 N–H and O–H groups in total. The maximum absolute atomic E-state index is 11.1.